The summed E-state index contributed by atoms with van der Waals surface area (Å²) in [6, 6.07) is 6.75. The van der Waals surface area contributed by atoms with E-state index >= 15 is 0 Å². The van der Waals surface area contributed by atoms with Gasteiger partial charge in [-0.1, -0.05) is 6.07 Å². The van der Waals surface area contributed by atoms with Crippen molar-refractivity contribution in [2.24, 2.45) is 0 Å². The van der Waals surface area contributed by atoms with Crippen LogP contribution in [-0.4, -0.2) is 19.1 Å². The lowest BCUT2D eigenvalue weighted by atomic mass is 10.1. The zero-order valence-electron chi connectivity index (χ0n) is 11.1. The van der Waals surface area contributed by atoms with Gasteiger partial charge >= 0.3 is 0 Å². The maximum absolute atomic E-state index is 4.20. The first-order chi connectivity index (χ1) is 8.74. The standard InChI is InChI=1S/C14H19N3S/c1-11(14-5-4-8-18-14)17(3)13-6-7-16-10-12(13)9-15-2/h4-8,10-11,15H,9H2,1-3H3. The van der Waals surface area contributed by atoms with Crippen molar-refractivity contribution in [1.29, 1.82) is 0 Å². The summed E-state index contributed by atoms with van der Waals surface area (Å²) in [6.45, 7) is 3.07. The highest BCUT2D eigenvalue weighted by Crippen LogP contribution is 2.29. The molecular weight excluding hydrogens is 242 g/mol. The van der Waals surface area contributed by atoms with Crippen LogP contribution in [0.3, 0.4) is 0 Å². The van der Waals surface area contributed by atoms with Crippen LogP contribution in [0.2, 0.25) is 0 Å². The number of rotatable bonds is 5. The molecule has 0 bridgehead atoms. The van der Waals surface area contributed by atoms with Crippen LogP contribution in [0.25, 0.3) is 0 Å². The van der Waals surface area contributed by atoms with Gasteiger partial charge < -0.3 is 10.2 Å². The molecule has 1 N–H and O–H groups in total. The molecule has 0 spiro atoms. The molecule has 2 rings (SSSR count). The molecular formula is C14H19N3S. The largest absolute Gasteiger partial charge is 0.367 e. The van der Waals surface area contributed by atoms with Gasteiger partial charge in [0.2, 0.25) is 0 Å². The van der Waals surface area contributed by atoms with Crippen molar-refractivity contribution >= 4 is 17.0 Å². The minimum Gasteiger partial charge on any atom is -0.367 e. The van der Waals surface area contributed by atoms with Gasteiger partial charge in [-0.05, 0) is 31.5 Å². The quantitative estimate of drug-likeness (QED) is 0.896. The van der Waals surface area contributed by atoms with E-state index in [0.717, 1.165) is 6.54 Å². The van der Waals surface area contributed by atoms with Crippen molar-refractivity contribution in [1.82, 2.24) is 10.3 Å². The molecule has 2 heterocycles. The minimum atomic E-state index is 0.378. The van der Waals surface area contributed by atoms with E-state index in [9.17, 15) is 0 Å². The molecule has 0 saturated heterocycles. The number of anilines is 1. The Morgan fingerprint density at radius 1 is 1.44 bits per heavy atom. The fourth-order valence-electron chi connectivity index (χ4n) is 2.02. The predicted molar refractivity (Wildman–Crippen MR) is 78.1 cm³/mol. The molecule has 0 saturated carbocycles. The second kappa shape index (κ2) is 5.98. The first-order valence-electron chi connectivity index (χ1n) is 6.07. The Morgan fingerprint density at radius 3 is 2.94 bits per heavy atom. The van der Waals surface area contributed by atoms with Crippen molar-refractivity contribution < 1.29 is 0 Å². The first kappa shape index (κ1) is 13.1. The van der Waals surface area contributed by atoms with Crippen LogP contribution >= 0.6 is 11.3 Å². The molecule has 4 heteroatoms. The summed E-state index contributed by atoms with van der Waals surface area (Å²) in [4.78, 5) is 7.89. The minimum absolute atomic E-state index is 0.378. The van der Waals surface area contributed by atoms with Gasteiger partial charge in [0.05, 0.1) is 6.04 Å². The lowest BCUT2D eigenvalue weighted by Gasteiger charge is -2.28. The number of aromatic nitrogens is 1. The third-order valence-electron chi connectivity index (χ3n) is 3.16. The number of hydrogen-bond donors (Lipinski definition) is 1. The molecule has 0 amide bonds. The number of nitrogens with zero attached hydrogens (tertiary/aromatic N) is 2. The molecule has 1 atom stereocenters. The van der Waals surface area contributed by atoms with Crippen molar-refractivity contribution in [3.63, 3.8) is 0 Å². The second-order valence-electron chi connectivity index (χ2n) is 4.34. The zero-order valence-corrected chi connectivity index (χ0v) is 11.9. The number of nitrogens with one attached hydrogen (secondary N) is 1. The maximum atomic E-state index is 4.20. The normalized spacial score (nSPS) is 12.4. The van der Waals surface area contributed by atoms with Crippen LogP contribution in [0, 0.1) is 0 Å². The summed E-state index contributed by atoms with van der Waals surface area (Å²) in [5, 5.41) is 5.31. The Kier molecular flexibility index (Phi) is 4.33. The average molecular weight is 261 g/mol. The van der Waals surface area contributed by atoms with Gasteiger partial charge in [-0.25, -0.2) is 0 Å². The third-order valence-corrected chi connectivity index (χ3v) is 4.20. The van der Waals surface area contributed by atoms with Crippen molar-refractivity contribution in [3.05, 3.63) is 46.4 Å². The summed E-state index contributed by atoms with van der Waals surface area (Å²) < 4.78 is 0. The SMILES string of the molecule is CNCc1cnccc1N(C)C(C)c1cccs1. The van der Waals surface area contributed by atoms with Crippen LogP contribution in [0.1, 0.15) is 23.4 Å². The van der Waals surface area contributed by atoms with Gasteiger partial charge in [0.25, 0.3) is 0 Å². The number of hydrogen-bond acceptors (Lipinski definition) is 4. The molecule has 0 aromatic carbocycles. The lowest BCUT2D eigenvalue weighted by molar-refractivity contribution is 0.736. The van der Waals surface area contributed by atoms with Gasteiger partial charge in [0, 0.05) is 42.1 Å². The second-order valence-corrected chi connectivity index (χ2v) is 5.32. The molecule has 96 valence electrons. The molecule has 0 aliphatic heterocycles. The van der Waals surface area contributed by atoms with E-state index in [1.54, 1.807) is 11.3 Å². The molecule has 0 radical (unpaired) electrons. The summed E-state index contributed by atoms with van der Waals surface area (Å²) in [7, 11) is 4.10. The monoisotopic (exact) mass is 261 g/mol. The van der Waals surface area contributed by atoms with E-state index in [2.05, 4.69) is 52.8 Å². The van der Waals surface area contributed by atoms with E-state index in [1.807, 2.05) is 19.4 Å². The first-order valence-corrected chi connectivity index (χ1v) is 6.95. The highest BCUT2D eigenvalue weighted by molar-refractivity contribution is 7.10. The van der Waals surface area contributed by atoms with E-state index in [0.29, 0.717) is 6.04 Å². The van der Waals surface area contributed by atoms with Gasteiger partial charge in [0.1, 0.15) is 0 Å². The third kappa shape index (κ3) is 2.71. The van der Waals surface area contributed by atoms with Crippen molar-refractivity contribution in [3.8, 4) is 0 Å². The summed E-state index contributed by atoms with van der Waals surface area (Å²) in [5.74, 6) is 0. The number of thiophene rings is 1. The average Bonchev–Trinajstić information content (AvgIpc) is 2.92. The number of pyridine rings is 1. The van der Waals surface area contributed by atoms with Gasteiger partial charge in [-0.3, -0.25) is 4.98 Å². The summed E-state index contributed by atoms with van der Waals surface area (Å²) >= 11 is 1.80. The zero-order chi connectivity index (χ0) is 13.0. The summed E-state index contributed by atoms with van der Waals surface area (Å²) in [5.41, 5.74) is 2.46. The molecule has 3 nitrogen and oxygen atoms in total. The Morgan fingerprint density at radius 2 is 2.28 bits per heavy atom. The molecule has 0 aliphatic carbocycles. The molecule has 2 aromatic heterocycles. The van der Waals surface area contributed by atoms with E-state index in [-0.39, 0.29) is 0 Å². The smallest absolute Gasteiger partial charge is 0.0603 e. The van der Waals surface area contributed by atoms with Crippen LogP contribution in [0.15, 0.2) is 36.0 Å². The fraction of sp³-hybridized carbons (Fsp3) is 0.357. The Hall–Kier alpha value is -1.39. The van der Waals surface area contributed by atoms with Gasteiger partial charge in [-0.15, -0.1) is 11.3 Å². The van der Waals surface area contributed by atoms with E-state index in [4.69, 9.17) is 0 Å². The molecule has 18 heavy (non-hydrogen) atoms. The summed E-state index contributed by atoms with van der Waals surface area (Å²) in [6.07, 6.45) is 3.79. The van der Waals surface area contributed by atoms with Crippen LogP contribution < -0.4 is 10.2 Å². The molecule has 1 unspecified atom stereocenters. The lowest BCUT2D eigenvalue weighted by Crippen LogP contribution is -2.23. The van der Waals surface area contributed by atoms with Gasteiger partial charge in [0.15, 0.2) is 0 Å². The fourth-order valence-corrected chi connectivity index (χ4v) is 2.85. The van der Waals surface area contributed by atoms with Crippen molar-refractivity contribution in [2.75, 3.05) is 19.0 Å². The van der Waals surface area contributed by atoms with Crippen LogP contribution in [0.4, 0.5) is 5.69 Å². The Balaban J connectivity index is 2.25. The van der Waals surface area contributed by atoms with E-state index < -0.39 is 0 Å². The van der Waals surface area contributed by atoms with Crippen molar-refractivity contribution in [2.45, 2.75) is 19.5 Å². The molecule has 0 fully saturated rings. The highest BCUT2D eigenvalue weighted by Gasteiger charge is 2.15. The van der Waals surface area contributed by atoms with Crippen LogP contribution in [0.5, 0.6) is 0 Å². The van der Waals surface area contributed by atoms with Gasteiger partial charge in [-0.2, -0.15) is 0 Å². The highest BCUT2D eigenvalue weighted by atomic mass is 32.1. The topological polar surface area (TPSA) is 28.2 Å². The maximum Gasteiger partial charge on any atom is 0.0603 e. The molecule has 0 aliphatic rings. The molecule has 2 aromatic rings. The Bertz CT molecular complexity index is 482. The van der Waals surface area contributed by atoms with Crippen LogP contribution in [-0.2, 0) is 6.54 Å². The Labute approximate surface area is 112 Å². The predicted octanol–water partition coefficient (Wildman–Crippen LogP) is 3.06. The van der Waals surface area contributed by atoms with E-state index in [1.165, 1.54) is 16.1 Å².